The molecular formula is C15H12BrNO2. The van der Waals surface area contributed by atoms with Crippen LogP contribution in [0.3, 0.4) is 0 Å². The lowest BCUT2D eigenvalue weighted by Crippen LogP contribution is -2.32. The summed E-state index contributed by atoms with van der Waals surface area (Å²) in [5, 5.41) is 0. The number of fused-ring (bicyclic) bond motifs is 1. The summed E-state index contributed by atoms with van der Waals surface area (Å²) in [5.41, 5.74) is 1.90. The summed E-state index contributed by atoms with van der Waals surface area (Å²) in [5.74, 6) is 0.752. The Bertz CT molecular complexity index is 627. The van der Waals surface area contributed by atoms with Gasteiger partial charge in [-0.05, 0) is 24.3 Å². The first-order valence-electron chi connectivity index (χ1n) is 6.01. The van der Waals surface area contributed by atoms with E-state index >= 15 is 0 Å². The summed E-state index contributed by atoms with van der Waals surface area (Å²) in [6.07, 6.45) is 0. The van der Waals surface area contributed by atoms with Crippen molar-refractivity contribution in [2.75, 3.05) is 11.5 Å². The molecule has 0 aromatic heterocycles. The Hall–Kier alpha value is -1.81. The minimum absolute atomic E-state index is 0.0331. The summed E-state index contributed by atoms with van der Waals surface area (Å²) < 4.78 is 6.49. The third kappa shape index (κ3) is 2.49. The lowest BCUT2D eigenvalue weighted by Gasteiger charge is -2.20. The number of carbonyl (C=O) groups excluding carboxylic acids is 1. The molecule has 19 heavy (non-hydrogen) atoms. The largest absolute Gasteiger partial charge is 0.483 e. The maximum atomic E-state index is 12.2. The Balaban J connectivity index is 1.99. The minimum atomic E-state index is -0.0331. The molecule has 1 heterocycles. The summed E-state index contributed by atoms with van der Waals surface area (Å²) in [7, 11) is 0. The Morgan fingerprint density at radius 1 is 1.11 bits per heavy atom. The third-order valence-electron chi connectivity index (χ3n) is 3.07. The predicted octanol–water partition coefficient (Wildman–Crippen LogP) is 3.37. The van der Waals surface area contributed by atoms with Gasteiger partial charge in [-0.3, -0.25) is 4.79 Å². The van der Waals surface area contributed by atoms with Crippen molar-refractivity contribution in [1.29, 1.82) is 0 Å². The van der Waals surface area contributed by atoms with E-state index in [1.165, 1.54) is 0 Å². The van der Waals surface area contributed by atoms with E-state index in [0.717, 1.165) is 21.5 Å². The minimum Gasteiger partial charge on any atom is -0.483 e. The van der Waals surface area contributed by atoms with Gasteiger partial charge in [0.05, 0.1) is 6.54 Å². The number of para-hydroxylation sites is 1. The van der Waals surface area contributed by atoms with Crippen molar-refractivity contribution in [1.82, 2.24) is 0 Å². The molecule has 2 aromatic carbocycles. The van der Waals surface area contributed by atoms with Gasteiger partial charge >= 0.3 is 0 Å². The molecule has 3 rings (SSSR count). The van der Waals surface area contributed by atoms with E-state index < -0.39 is 0 Å². The Kier molecular flexibility index (Phi) is 3.25. The van der Waals surface area contributed by atoms with Gasteiger partial charge in [-0.2, -0.15) is 0 Å². The number of benzene rings is 2. The van der Waals surface area contributed by atoms with Crippen LogP contribution >= 0.6 is 15.9 Å². The third-order valence-corrected chi connectivity index (χ3v) is 3.57. The highest BCUT2D eigenvalue weighted by Gasteiger charge is 2.22. The molecule has 1 aliphatic rings. The summed E-state index contributed by atoms with van der Waals surface area (Å²) in [4.78, 5) is 13.9. The first-order valence-corrected chi connectivity index (χ1v) is 6.80. The summed E-state index contributed by atoms with van der Waals surface area (Å²) in [6, 6.07) is 15.5. The number of anilines is 1. The van der Waals surface area contributed by atoms with Crippen LogP contribution in [0.15, 0.2) is 53.0 Å². The van der Waals surface area contributed by atoms with Crippen molar-refractivity contribution in [2.45, 2.75) is 6.54 Å². The molecule has 4 heteroatoms. The molecule has 0 atom stereocenters. The van der Waals surface area contributed by atoms with Crippen LogP contribution in [0.4, 0.5) is 5.69 Å². The molecule has 0 spiro atoms. The van der Waals surface area contributed by atoms with E-state index in [1.807, 2.05) is 48.5 Å². The average Bonchev–Trinajstić information content (AvgIpc) is 2.59. The van der Waals surface area contributed by atoms with Crippen molar-refractivity contribution in [3.05, 3.63) is 58.6 Å². The number of nitrogens with zero attached hydrogens (tertiary/aromatic N) is 1. The van der Waals surface area contributed by atoms with Crippen molar-refractivity contribution in [3.8, 4) is 5.75 Å². The molecule has 0 bridgehead atoms. The molecule has 96 valence electrons. The van der Waals surface area contributed by atoms with Crippen molar-refractivity contribution in [2.24, 2.45) is 0 Å². The predicted molar refractivity (Wildman–Crippen MR) is 77.3 cm³/mol. The second-order valence-electron chi connectivity index (χ2n) is 4.36. The van der Waals surface area contributed by atoms with E-state index in [0.29, 0.717) is 6.54 Å². The molecule has 0 saturated heterocycles. The van der Waals surface area contributed by atoms with Crippen molar-refractivity contribution >= 4 is 27.5 Å². The van der Waals surface area contributed by atoms with Crippen LogP contribution in [0.25, 0.3) is 0 Å². The zero-order valence-corrected chi connectivity index (χ0v) is 11.8. The highest BCUT2D eigenvalue weighted by atomic mass is 79.9. The number of ether oxygens (including phenoxy) is 1. The number of hydrogen-bond acceptors (Lipinski definition) is 2. The van der Waals surface area contributed by atoms with Gasteiger partial charge in [0.25, 0.3) is 5.91 Å². The summed E-state index contributed by atoms with van der Waals surface area (Å²) in [6.45, 7) is 0.606. The fourth-order valence-electron chi connectivity index (χ4n) is 2.13. The van der Waals surface area contributed by atoms with Gasteiger partial charge in [-0.1, -0.05) is 40.2 Å². The van der Waals surface area contributed by atoms with E-state index in [2.05, 4.69) is 15.9 Å². The van der Waals surface area contributed by atoms with Crippen LogP contribution in [0, 0.1) is 0 Å². The number of rotatable bonds is 1. The van der Waals surface area contributed by atoms with Gasteiger partial charge in [-0.25, -0.2) is 0 Å². The maximum absolute atomic E-state index is 12.2. The van der Waals surface area contributed by atoms with Crippen molar-refractivity contribution in [3.63, 3.8) is 0 Å². The average molecular weight is 318 g/mol. The topological polar surface area (TPSA) is 29.5 Å². The van der Waals surface area contributed by atoms with Gasteiger partial charge in [0, 0.05) is 15.7 Å². The lowest BCUT2D eigenvalue weighted by atomic mass is 10.2. The van der Waals surface area contributed by atoms with Gasteiger partial charge in [0.2, 0.25) is 0 Å². The molecule has 0 fully saturated rings. The molecule has 0 unspecified atom stereocenters. The Morgan fingerprint density at radius 3 is 2.79 bits per heavy atom. The molecule has 1 amide bonds. The normalized spacial score (nSPS) is 14.6. The second kappa shape index (κ2) is 5.05. The molecule has 2 aromatic rings. The van der Waals surface area contributed by atoms with Gasteiger partial charge in [-0.15, -0.1) is 0 Å². The standard InChI is InChI=1S/C15H12BrNO2/c16-12-5-3-6-13(8-12)17-9-11-4-1-2-7-14(11)19-10-15(17)18/h1-8H,9-10H2. The summed E-state index contributed by atoms with van der Waals surface area (Å²) >= 11 is 3.43. The van der Waals surface area contributed by atoms with Crippen LogP contribution in [0.1, 0.15) is 5.56 Å². The number of halogens is 1. The van der Waals surface area contributed by atoms with E-state index in [-0.39, 0.29) is 12.5 Å². The second-order valence-corrected chi connectivity index (χ2v) is 5.27. The van der Waals surface area contributed by atoms with Crippen LogP contribution in [-0.2, 0) is 11.3 Å². The van der Waals surface area contributed by atoms with Crippen LogP contribution in [0.2, 0.25) is 0 Å². The molecule has 0 aliphatic carbocycles. The molecule has 0 radical (unpaired) electrons. The molecule has 1 aliphatic heterocycles. The zero-order chi connectivity index (χ0) is 13.2. The van der Waals surface area contributed by atoms with Gasteiger partial charge < -0.3 is 9.64 Å². The zero-order valence-electron chi connectivity index (χ0n) is 10.2. The first kappa shape index (κ1) is 12.2. The van der Waals surface area contributed by atoms with Crippen molar-refractivity contribution < 1.29 is 9.53 Å². The number of amides is 1. The van der Waals surface area contributed by atoms with Crippen LogP contribution in [0.5, 0.6) is 5.75 Å². The smallest absolute Gasteiger partial charge is 0.265 e. The SMILES string of the molecule is O=C1COc2ccccc2CN1c1cccc(Br)c1. The molecule has 0 saturated carbocycles. The number of hydrogen-bond donors (Lipinski definition) is 0. The molecular weight excluding hydrogens is 306 g/mol. The van der Waals surface area contributed by atoms with E-state index in [1.54, 1.807) is 4.90 Å². The lowest BCUT2D eigenvalue weighted by molar-refractivity contribution is -0.120. The van der Waals surface area contributed by atoms with E-state index in [9.17, 15) is 4.79 Å². The number of carbonyl (C=O) groups is 1. The first-order chi connectivity index (χ1) is 9.24. The van der Waals surface area contributed by atoms with Gasteiger partial charge in [0.1, 0.15) is 5.75 Å². The quantitative estimate of drug-likeness (QED) is 0.807. The fourth-order valence-corrected chi connectivity index (χ4v) is 2.52. The molecule has 0 N–H and O–H groups in total. The van der Waals surface area contributed by atoms with Crippen LogP contribution in [-0.4, -0.2) is 12.5 Å². The maximum Gasteiger partial charge on any atom is 0.265 e. The Morgan fingerprint density at radius 2 is 1.95 bits per heavy atom. The Labute approximate surface area is 119 Å². The van der Waals surface area contributed by atoms with Gasteiger partial charge in [0.15, 0.2) is 6.61 Å². The fraction of sp³-hybridized carbons (Fsp3) is 0.133. The van der Waals surface area contributed by atoms with E-state index in [4.69, 9.17) is 4.74 Å². The molecule has 3 nitrogen and oxygen atoms in total. The highest BCUT2D eigenvalue weighted by molar-refractivity contribution is 9.10. The highest BCUT2D eigenvalue weighted by Crippen LogP contribution is 2.27. The van der Waals surface area contributed by atoms with Crippen LogP contribution < -0.4 is 9.64 Å². The monoisotopic (exact) mass is 317 g/mol.